The van der Waals surface area contributed by atoms with Crippen molar-refractivity contribution in [2.24, 2.45) is 5.92 Å². The molecule has 4 fully saturated rings. The lowest BCUT2D eigenvalue weighted by Crippen LogP contribution is -2.79. The molecule has 6 aliphatic rings. The van der Waals surface area contributed by atoms with Crippen LogP contribution < -0.4 is 4.90 Å². The van der Waals surface area contributed by atoms with Gasteiger partial charge in [0, 0.05) is 18.0 Å². The van der Waals surface area contributed by atoms with Crippen LogP contribution in [0.25, 0.3) is 0 Å². The molecule has 0 aliphatic carbocycles. The Morgan fingerprint density at radius 1 is 1.26 bits per heavy atom. The molecule has 7 heteroatoms. The van der Waals surface area contributed by atoms with Gasteiger partial charge in [0.25, 0.3) is 5.91 Å². The standard InChI is InChI=1S/C20H17N2O3S2/c1-12-7-8-25-11-14-10-20-18(24)21-15-6-4-3-5-13(15)9-19(21,26-27(20)2)17(23)22(20)16(12)14/h2-8,11-12,16H,9-10H2,1H3/q-1/t12-,16?,19+,20+/m0/s1. The molecule has 6 aliphatic heterocycles. The Kier molecular flexibility index (Phi) is 2.86. The van der Waals surface area contributed by atoms with E-state index in [1.165, 1.54) is 10.8 Å². The molecule has 138 valence electrons. The summed E-state index contributed by atoms with van der Waals surface area (Å²) in [5.41, 5.74) is 9.50. The maximum atomic E-state index is 13.9. The smallest absolute Gasteiger partial charge is 0.257 e. The summed E-state index contributed by atoms with van der Waals surface area (Å²) in [4.78, 5) is 29.4. The normalized spacial score (nSPS) is 38.7. The molecule has 2 bridgehead atoms. The summed E-state index contributed by atoms with van der Waals surface area (Å²) in [7, 11) is 0.684. The van der Waals surface area contributed by atoms with Gasteiger partial charge in [-0.25, -0.2) is 10.8 Å². The monoisotopic (exact) mass is 397 g/mol. The van der Waals surface area contributed by atoms with Gasteiger partial charge in [0.05, 0.1) is 23.4 Å². The first kappa shape index (κ1) is 15.9. The highest BCUT2D eigenvalue weighted by atomic mass is 33.1. The summed E-state index contributed by atoms with van der Waals surface area (Å²) >= 11 is 0. The second-order valence-corrected chi connectivity index (χ2v) is 11.4. The number of anilines is 1. The topological polar surface area (TPSA) is 49.9 Å². The number of amides is 2. The summed E-state index contributed by atoms with van der Waals surface area (Å²) in [6.07, 6.45) is 6.26. The number of hydrogen-bond acceptors (Lipinski definition) is 5. The Hall–Kier alpha value is -2.08. The van der Waals surface area contributed by atoms with Crippen LogP contribution in [-0.2, 0) is 30.1 Å². The molecule has 2 spiro atoms. The van der Waals surface area contributed by atoms with Gasteiger partial charge in [-0.1, -0.05) is 25.1 Å². The second kappa shape index (κ2) is 4.85. The molecule has 4 saturated heterocycles. The number of rotatable bonds is 0. The van der Waals surface area contributed by atoms with E-state index in [9.17, 15) is 9.59 Å². The van der Waals surface area contributed by atoms with E-state index in [0.29, 0.717) is 12.8 Å². The summed E-state index contributed by atoms with van der Waals surface area (Å²) < 4.78 is 5.49. The quantitative estimate of drug-likeness (QED) is 0.499. The molecule has 1 aromatic carbocycles. The van der Waals surface area contributed by atoms with Crippen LogP contribution in [0.3, 0.4) is 0 Å². The van der Waals surface area contributed by atoms with Crippen LogP contribution in [0, 0.1) is 11.6 Å². The van der Waals surface area contributed by atoms with Crippen molar-refractivity contribution < 1.29 is 14.3 Å². The third-order valence-electron chi connectivity index (χ3n) is 6.34. The fourth-order valence-electron chi connectivity index (χ4n) is 5.20. The van der Waals surface area contributed by atoms with Crippen molar-refractivity contribution >= 4 is 37.6 Å². The zero-order chi connectivity index (χ0) is 18.6. The largest absolute Gasteiger partial charge is 0.473 e. The van der Waals surface area contributed by atoms with Gasteiger partial charge in [-0.3, -0.25) is 14.5 Å². The lowest BCUT2D eigenvalue weighted by atomic mass is 9.95. The number of nitrogens with zero attached hydrogens (tertiary/aromatic N) is 2. The number of ether oxygens (including phenoxy) is 1. The molecule has 2 amide bonds. The van der Waals surface area contributed by atoms with E-state index in [2.05, 4.69) is 6.92 Å². The molecule has 0 saturated carbocycles. The van der Waals surface area contributed by atoms with Gasteiger partial charge in [0.15, 0.2) is 4.87 Å². The van der Waals surface area contributed by atoms with Crippen LogP contribution in [0.15, 0.2) is 48.4 Å². The average molecular weight is 398 g/mol. The van der Waals surface area contributed by atoms with Crippen molar-refractivity contribution in [3.63, 3.8) is 0 Å². The third kappa shape index (κ3) is 1.59. The van der Waals surface area contributed by atoms with Crippen molar-refractivity contribution in [3.05, 3.63) is 54.0 Å². The molecule has 4 atom stereocenters. The maximum absolute atomic E-state index is 13.9. The minimum Gasteiger partial charge on any atom is -0.473 e. The summed E-state index contributed by atoms with van der Waals surface area (Å²) in [5, 5.41) is 0. The lowest BCUT2D eigenvalue weighted by Gasteiger charge is -2.65. The number of fused-ring (bicyclic) bond motifs is 3. The Labute approximate surface area is 163 Å². The first-order valence-electron chi connectivity index (χ1n) is 8.96. The number of piperazine rings is 1. The van der Waals surface area contributed by atoms with E-state index >= 15 is 0 Å². The number of para-hydroxylation sites is 1. The van der Waals surface area contributed by atoms with Crippen molar-refractivity contribution in [2.75, 3.05) is 4.90 Å². The predicted octanol–water partition coefficient (Wildman–Crippen LogP) is 2.52. The van der Waals surface area contributed by atoms with E-state index in [-0.39, 0.29) is 23.8 Å². The van der Waals surface area contributed by atoms with Crippen LogP contribution in [0.2, 0.25) is 0 Å². The van der Waals surface area contributed by atoms with E-state index < -0.39 is 19.1 Å². The lowest BCUT2D eigenvalue weighted by molar-refractivity contribution is -0.149. The Morgan fingerprint density at radius 3 is 2.93 bits per heavy atom. The molecule has 0 radical (unpaired) electrons. The molecule has 1 unspecified atom stereocenters. The maximum Gasteiger partial charge on any atom is 0.257 e. The van der Waals surface area contributed by atoms with Gasteiger partial charge >= 0.3 is 0 Å². The van der Waals surface area contributed by atoms with Gasteiger partial charge in [0.2, 0.25) is 5.91 Å². The fraction of sp³-hybridized carbons (Fsp3) is 0.350. The SMILES string of the molecule is C#[S-]1S[C@@]23Cc4ccccc4N2C(=O)[C@@]12CC1=COC=C[C@H](C)C1N2C3=O. The molecule has 0 aromatic heterocycles. The third-order valence-corrected chi connectivity index (χ3v) is 10.7. The van der Waals surface area contributed by atoms with Crippen molar-refractivity contribution in [1.29, 1.82) is 0 Å². The van der Waals surface area contributed by atoms with E-state index in [1.807, 2.05) is 35.2 Å². The summed E-state index contributed by atoms with van der Waals surface area (Å²) in [5.74, 6) is 0.0275. The summed E-state index contributed by atoms with van der Waals surface area (Å²) in [6.45, 7) is 2.06. The summed E-state index contributed by atoms with van der Waals surface area (Å²) in [6, 6.07) is 7.64. The molecule has 1 aromatic rings. The molecular formula is C20H17N2O3S2-. The van der Waals surface area contributed by atoms with Crippen molar-refractivity contribution in [2.45, 2.75) is 35.5 Å². The molecule has 6 heterocycles. The molecule has 5 nitrogen and oxygen atoms in total. The average Bonchev–Trinajstić information content (AvgIpc) is 3.11. The van der Waals surface area contributed by atoms with E-state index in [4.69, 9.17) is 10.4 Å². The van der Waals surface area contributed by atoms with Crippen LogP contribution in [0.4, 0.5) is 5.69 Å². The van der Waals surface area contributed by atoms with Crippen LogP contribution >= 0.6 is 10.8 Å². The second-order valence-electron chi connectivity index (χ2n) is 7.71. The number of carbonyl (C=O) groups is 2. The fourth-order valence-corrected chi connectivity index (χ4v) is 9.79. The zero-order valence-electron chi connectivity index (χ0n) is 14.6. The first-order chi connectivity index (χ1) is 13.0. The molecular weight excluding hydrogens is 380 g/mol. The van der Waals surface area contributed by atoms with Crippen LogP contribution in [-0.4, -0.2) is 32.5 Å². The Bertz CT molecular complexity index is 1070. The van der Waals surface area contributed by atoms with Crippen LogP contribution in [0.1, 0.15) is 18.9 Å². The van der Waals surface area contributed by atoms with Gasteiger partial charge < -0.3 is 24.7 Å². The zero-order valence-corrected chi connectivity index (χ0v) is 16.3. The van der Waals surface area contributed by atoms with Gasteiger partial charge in [-0.05, 0) is 29.7 Å². The van der Waals surface area contributed by atoms with E-state index in [1.54, 1.807) is 17.4 Å². The minimum absolute atomic E-state index is 0.00745. The Morgan fingerprint density at radius 2 is 2.07 bits per heavy atom. The van der Waals surface area contributed by atoms with Crippen LogP contribution in [0.5, 0.6) is 0 Å². The first-order valence-corrected chi connectivity index (χ1v) is 11.6. The number of hydrogen-bond donors (Lipinski definition) is 0. The minimum atomic E-state index is -1.01. The highest BCUT2D eigenvalue weighted by Gasteiger charge is 2.70. The highest BCUT2D eigenvalue weighted by molar-refractivity contribution is 8.71. The predicted molar refractivity (Wildman–Crippen MR) is 106 cm³/mol. The van der Waals surface area contributed by atoms with Crippen molar-refractivity contribution in [1.82, 2.24) is 4.90 Å². The number of benzene rings is 1. The van der Waals surface area contributed by atoms with Gasteiger partial charge in [-0.15, -0.1) is 0 Å². The Balaban J connectivity index is 1.61. The molecule has 27 heavy (non-hydrogen) atoms. The highest BCUT2D eigenvalue weighted by Crippen LogP contribution is 2.63. The van der Waals surface area contributed by atoms with Crippen molar-refractivity contribution in [3.8, 4) is 5.69 Å². The van der Waals surface area contributed by atoms with Gasteiger partial charge in [-0.2, -0.15) is 0 Å². The van der Waals surface area contributed by atoms with E-state index in [0.717, 1.165) is 16.8 Å². The number of carbonyl (C=O) groups excluding carboxylic acids is 2. The van der Waals surface area contributed by atoms with Gasteiger partial charge in [0.1, 0.15) is 0 Å². The molecule has 0 N–H and O–H groups in total. The molecule has 7 rings (SSSR count).